The molecule has 0 aliphatic carbocycles. The molecule has 1 aromatic carbocycles. The van der Waals surface area contributed by atoms with E-state index in [1.165, 1.54) is 6.07 Å². The Morgan fingerprint density at radius 3 is 2.76 bits per heavy atom. The largest absolute Gasteiger partial charge is 0.376 e. The lowest BCUT2D eigenvalue weighted by Crippen LogP contribution is -2.38. The monoisotopic (exact) mass is 341 g/mol. The molecule has 0 radical (unpaired) electrons. The van der Waals surface area contributed by atoms with Gasteiger partial charge < -0.3 is 19.9 Å². The van der Waals surface area contributed by atoms with E-state index in [9.17, 15) is 9.59 Å². The normalized spacial score (nSPS) is 17.9. The Morgan fingerprint density at radius 2 is 2.08 bits per heavy atom. The molecule has 0 bridgehead atoms. The second-order valence-corrected chi connectivity index (χ2v) is 6.08. The van der Waals surface area contributed by atoms with Crippen LogP contribution in [0.3, 0.4) is 0 Å². The molecule has 6 nitrogen and oxygen atoms in total. The minimum atomic E-state index is -0.314. The summed E-state index contributed by atoms with van der Waals surface area (Å²) in [6.07, 6.45) is 3.53. The van der Waals surface area contributed by atoms with Gasteiger partial charge in [-0.15, -0.1) is 0 Å². The van der Waals surface area contributed by atoms with Crippen LogP contribution in [0.5, 0.6) is 0 Å². The van der Waals surface area contributed by atoms with E-state index >= 15 is 0 Å². The number of pyridine rings is 1. The predicted molar refractivity (Wildman–Crippen MR) is 96.7 cm³/mol. The lowest BCUT2D eigenvalue weighted by molar-refractivity contribution is 0.0815. The van der Waals surface area contributed by atoms with Crippen molar-refractivity contribution in [3.63, 3.8) is 0 Å². The molecule has 0 spiro atoms. The number of carbonyl (C=O) groups excluding carboxylic acids is 1. The number of hydrogen-bond acceptors (Lipinski definition) is 3. The zero-order valence-corrected chi connectivity index (χ0v) is 14.3. The van der Waals surface area contributed by atoms with Gasteiger partial charge in [0.05, 0.1) is 17.8 Å². The molecule has 0 saturated carbocycles. The fourth-order valence-electron chi connectivity index (χ4n) is 3.08. The van der Waals surface area contributed by atoms with Crippen LogP contribution in [-0.2, 0) is 11.3 Å². The van der Waals surface area contributed by atoms with Crippen molar-refractivity contribution in [2.45, 2.75) is 38.5 Å². The highest BCUT2D eigenvalue weighted by atomic mass is 16.5. The van der Waals surface area contributed by atoms with E-state index in [1.54, 1.807) is 16.8 Å². The average Bonchev–Trinajstić information content (AvgIpc) is 3.16. The molecule has 1 aliphatic heterocycles. The molecule has 1 aliphatic rings. The fraction of sp³-hybridized carbons (Fsp3) is 0.368. The molecule has 3 rings (SSSR count). The Kier molecular flexibility index (Phi) is 5.50. The number of amides is 2. The number of carbonyl (C=O) groups is 1. The van der Waals surface area contributed by atoms with Crippen molar-refractivity contribution in [2.75, 3.05) is 11.9 Å². The van der Waals surface area contributed by atoms with E-state index in [0.717, 1.165) is 25.0 Å². The highest BCUT2D eigenvalue weighted by Crippen LogP contribution is 2.27. The van der Waals surface area contributed by atoms with Crippen LogP contribution in [-0.4, -0.2) is 23.3 Å². The molecule has 25 heavy (non-hydrogen) atoms. The first-order valence-electron chi connectivity index (χ1n) is 8.62. The third-order valence-electron chi connectivity index (χ3n) is 4.36. The lowest BCUT2D eigenvalue weighted by atomic mass is 9.99. The fourth-order valence-corrected chi connectivity index (χ4v) is 3.08. The standard InChI is InChI=1S/C19H23N3O3/c1-2-22-13-15(10-11-17(22)23)20-19(24)21-18(16-9-6-12-25-16)14-7-4-3-5-8-14/h3-5,7-8,10-11,13,16,18H,2,6,9,12H2,1H3,(H2,20,21,24). The maximum Gasteiger partial charge on any atom is 0.319 e. The van der Waals surface area contributed by atoms with Crippen molar-refractivity contribution in [1.29, 1.82) is 0 Å². The minimum Gasteiger partial charge on any atom is -0.376 e. The number of hydrogen-bond donors (Lipinski definition) is 2. The van der Waals surface area contributed by atoms with Crippen LogP contribution in [0.1, 0.15) is 31.4 Å². The molecule has 6 heteroatoms. The number of urea groups is 1. The van der Waals surface area contributed by atoms with E-state index in [4.69, 9.17) is 4.74 Å². The molecule has 1 saturated heterocycles. The van der Waals surface area contributed by atoms with Gasteiger partial charge in [-0.2, -0.15) is 0 Å². The van der Waals surface area contributed by atoms with Crippen LogP contribution in [0.15, 0.2) is 53.5 Å². The van der Waals surface area contributed by atoms with E-state index < -0.39 is 0 Å². The van der Waals surface area contributed by atoms with Crippen LogP contribution in [0.4, 0.5) is 10.5 Å². The number of benzene rings is 1. The average molecular weight is 341 g/mol. The Labute approximate surface area is 146 Å². The number of anilines is 1. The molecule has 1 fully saturated rings. The Balaban J connectivity index is 1.73. The van der Waals surface area contributed by atoms with Gasteiger partial charge in [0.15, 0.2) is 0 Å². The Hall–Kier alpha value is -2.60. The molecule has 2 aromatic rings. The summed E-state index contributed by atoms with van der Waals surface area (Å²) < 4.78 is 7.33. The molecule has 2 heterocycles. The molecular formula is C19H23N3O3. The predicted octanol–water partition coefficient (Wildman–Crippen LogP) is 2.91. The maximum absolute atomic E-state index is 12.5. The lowest BCUT2D eigenvalue weighted by Gasteiger charge is -2.25. The summed E-state index contributed by atoms with van der Waals surface area (Å²) in [5.74, 6) is 0. The van der Waals surface area contributed by atoms with E-state index in [-0.39, 0.29) is 23.7 Å². The third-order valence-corrected chi connectivity index (χ3v) is 4.36. The van der Waals surface area contributed by atoms with Crippen molar-refractivity contribution in [1.82, 2.24) is 9.88 Å². The number of nitrogens with one attached hydrogen (secondary N) is 2. The van der Waals surface area contributed by atoms with E-state index in [0.29, 0.717) is 12.2 Å². The van der Waals surface area contributed by atoms with Crippen molar-refractivity contribution < 1.29 is 9.53 Å². The first-order valence-corrected chi connectivity index (χ1v) is 8.62. The van der Waals surface area contributed by atoms with Gasteiger partial charge in [0.25, 0.3) is 5.56 Å². The summed E-state index contributed by atoms with van der Waals surface area (Å²) in [6, 6.07) is 12.4. The maximum atomic E-state index is 12.5. The van der Waals surface area contributed by atoms with Gasteiger partial charge in [-0.1, -0.05) is 30.3 Å². The smallest absolute Gasteiger partial charge is 0.319 e. The van der Waals surface area contributed by atoms with Gasteiger partial charge in [-0.25, -0.2) is 4.79 Å². The zero-order valence-electron chi connectivity index (χ0n) is 14.3. The summed E-state index contributed by atoms with van der Waals surface area (Å²) in [5.41, 5.74) is 1.51. The van der Waals surface area contributed by atoms with Crippen molar-refractivity contribution >= 4 is 11.7 Å². The molecule has 132 valence electrons. The van der Waals surface area contributed by atoms with Crippen molar-refractivity contribution in [2.24, 2.45) is 0 Å². The molecular weight excluding hydrogens is 318 g/mol. The highest BCUT2D eigenvalue weighted by molar-refractivity contribution is 5.89. The van der Waals surface area contributed by atoms with Gasteiger partial charge in [-0.3, -0.25) is 4.79 Å². The number of ether oxygens (including phenoxy) is 1. The van der Waals surface area contributed by atoms with Gasteiger partial charge in [0, 0.05) is 25.4 Å². The number of rotatable bonds is 5. The molecule has 2 unspecified atom stereocenters. The van der Waals surface area contributed by atoms with Crippen molar-refractivity contribution in [3.8, 4) is 0 Å². The summed E-state index contributed by atoms with van der Waals surface area (Å²) in [5, 5.41) is 5.82. The number of aromatic nitrogens is 1. The third kappa shape index (κ3) is 4.28. The van der Waals surface area contributed by atoms with Crippen LogP contribution < -0.4 is 16.2 Å². The molecule has 1 aromatic heterocycles. The second-order valence-electron chi connectivity index (χ2n) is 6.08. The molecule has 2 N–H and O–H groups in total. The number of nitrogens with zero attached hydrogens (tertiary/aromatic N) is 1. The first-order chi connectivity index (χ1) is 12.2. The summed E-state index contributed by atoms with van der Waals surface area (Å²) in [4.78, 5) is 24.1. The topological polar surface area (TPSA) is 72.4 Å². The van der Waals surface area contributed by atoms with Gasteiger partial charge in [0.2, 0.25) is 0 Å². The Bertz CT molecular complexity index is 767. The van der Waals surface area contributed by atoms with Gasteiger partial charge in [-0.05, 0) is 31.4 Å². The van der Waals surface area contributed by atoms with Crippen molar-refractivity contribution in [3.05, 3.63) is 64.6 Å². The second kappa shape index (κ2) is 7.98. The SMILES string of the molecule is CCn1cc(NC(=O)NC(c2ccccc2)C2CCCO2)ccc1=O. The van der Waals surface area contributed by atoms with Gasteiger partial charge >= 0.3 is 6.03 Å². The molecule has 2 amide bonds. The minimum absolute atomic E-state index is 0.0299. The van der Waals surface area contributed by atoms with Crippen LogP contribution in [0.2, 0.25) is 0 Å². The Morgan fingerprint density at radius 1 is 1.28 bits per heavy atom. The van der Waals surface area contributed by atoms with Crippen LogP contribution in [0, 0.1) is 0 Å². The number of aryl methyl sites for hydroxylation is 1. The van der Waals surface area contributed by atoms with Gasteiger partial charge in [0.1, 0.15) is 0 Å². The van der Waals surface area contributed by atoms with Crippen LogP contribution >= 0.6 is 0 Å². The summed E-state index contributed by atoms with van der Waals surface area (Å²) in [6.45, 7) is 3.16. The summed E-state index contributed by atoms with van der Waals surface area (Å²) >= 11 is 0. The van der Waals surface area contributed by atoms with E-state index in [1.807, 2.05) is 37.3 Å². The molecule has 2 atom stereocenters. The van der Waals surface area contributed by atoms with E-state index in [2.05, 4.69) is 10.6 Å². The highest BCUT2D eigenvalue weighted by Gasteiger charge is 2.28. The first kappa shape index (κ1) is 17.2. The zero-order chi connectivity index (χ0) is 17.6. The quantitative estimate of drug-likeness (QED) is 0.878. The summed E-state index contributed by atoms with van der Waals surface area (Å²) in [7, 11) is 0. The van der Waals surface area contributed by atoms with Crippen LogP contribution in [0.25, 0.3) is 0 Å².